The smallest absolute Gasteiger partial charge is 0.263 e. The van der Waals surface area contributed by atoms with Crippen LogP contribution in [0.3, 0.4) is 0 Å². The van der Waals surface area contributed by atoms with Gasteiger partial charge in [-0.2, -0.15) is 5.10 Å². The lowest BCUT2D eigenvalue weighted by molar-refractivity contribution is -0.140. The van der Waals surface area contributed by atoms with Crippen LogP contribution in [-0.4, -0.2) is 64.9 Å². The van der Waals surface area contributed by atoms with Gasteiger partial charge in [0.05, 0.1) is 12.8 Å². The second-order valence-electron chi connectivity index (χ2n) is 8.78. The Morgan fingerprint density at radius 2 is 1.94 bits per heavy atom. The third-order valence-electron chi connectivity index (χ3n) is 6.49. The molecule has 2 atom stereocenters. The molecule has 0 bridgehead atoms. The van der Waals surface area contributed by atoms with Crippen LogP contribution in [0.1, 0.15) is 13.8 Å². The van der Waals surface area contributed by atoms with E-state index in [0.29, 0.717) is 31.1 Å². The first-order valence-electron chi connectivity index (χ1n) is 11.8. The van der Waals surface area contributed by atoms with Crippen molar-refractivity contribution in [3.8, 4) is 22.8 Å². The van der Waals surface area contributed by atoms with Gasteiger partial charge in [-0.3, -0.25) is 9.89 Å². The minimum absolute atomic E-state index is 0.0210. The number of carbonyl (C=O) groups is 1. The molecule has 4 aromatic rings. The second-order valence-corrected chi connectivity index (χ2v) is 8.78. The summed E-state index contributed by atoms with van der Waals surface area (Å²) in [5, 5.41) is 9.23. The molecule has 0 radical (unpaired) electrons. The third-order valence-corrected chi connectivity index (χ3v) is 6.49. The van der Waals surface area contributed by atoms with E-state index in [0.717, 1.165) is 27.8 Å². The van der Waals surface area contributed by atoms with Crippen molar-refractivity contribution in [1.29, 1.82) is 0 Å². The Morgan fingerprint density at radius 3 is 2.71 bits per heavy atom. The zero-order valence-electron chi connectivity index (χ0n) is 20.1. The Balaban J connectivity index is 1.27. The molecule has 3 heterocycles. The molecule has 1 aliphatic heterocycles. The fraction of sp³-hybridized carbons (Fsp3) is 0.296. The van der Waals surface area contributed by atoms with E-state index in [1.165, 1.54) is 0 Å². The molecule has 2 aromatic carbocycles. The predicted octanol–water partition coefficient (Wildman–Crippen LogP) is 4.14. The minimum atomic E-state index is -0.647. The molecule has 0 spiro atoms. The Labute approximate surface area is 204 Å². The van der Waals surface area contributed by atoms with E-state index in [1.807, 2.05) is 53.6 Å². The molecule has 1 aliphatic rings. The van der Waals surface area contributed by atoms with Crippen molar-refractivity contribution in [2.24, 2.45) is 0 Å². The summed E-state index contributed by atoms with van der Waals surface area (Å²) in [5.74, 6) is 2.02. The molecule has 1 unspecified atom stereocenters. The number of hydrogen-bond donors (Lipinski definition) is 1. The van der Waals surface area contributed by atoms with Gasteiger partial charge in [0.1, 0.15) is 5.82 Å². The molecule has 0 saturated carbocycles. The van der Waals surface area contributed by atoms with Crippen LogP contribution in [0.5, 0.6) is 11.5 Å². The number of aromatic nitrogens is 3. The summed E-state index contributed by atoms with van der Waals surface area (Å²) in [6, 6.07) is 17.8. The van der Waals surface area contributed by atoms with Crippen molar-refractivity contribution in [3.63, 3.8) is 0 Å². The number of nitrogens with one attached hydrogen (secondary N) is 1. The van der Waals surface area contributed by atoms with E-state index in [1.54, 1.807) is 20.2 Å². The summed E-state index contributed by atoms with van der Waals surface area (Å²) in [5.41, 5.74) is 1.81. The van der Waals surface area contributed by atoms with Gasteiger partial charge in [-0.15, -0.1) is 0 Å². The topological polar surface area (TPSA) is 83.6 Å². The van der Waals surface area contributed by atoms with E-state index in [2.05, 4.69) is 39.1 Å². The molecule has 35 heavy (non-hydrogen) atoms. The van der Waals surface area contributed by atoms with Crippen LogP contribution in [0.4, 0.5) is 5.82 Å². The van der Waals surface area contributed by atoms with Crippen molar-refractivity contribution in [1.82, 2.24) is 20.1 Å². The highest BCUT2D eigenvalue weighted by Crippen LogP contribution is 2.33. The lowest BCUT2D eigenvalue weighted by Crippen LogP contribution is -2.56. The molecule has 180 valence electrons. The van der Waals surface area contributed by atoms with E-state index < -0.39 is 6.10 Å². The second kappa shape index (κ2) is 9.66. The fourth-order valence-corrected chi connectivity index (χ4v) is 4.66. The van der Waals surface area contributed by atoms with E-state index in [9.17, 15) is 4.79 Å². The molecule has 1 fully saturated rings. The maximum absolute atomic E-state index is 13.3. The molecule has 5 rings (SSSR count). The highest BCUT2D eigenvalue weighted by atomic mass is 16.5. The molecule has 1 saturated heterocycles. The Morgan fingerprint density at radius 1 is 1.09 bits per heavy atom. The number of amides is 1. The first kappa shape index (κ1) is 22.7. The summed E-state index contributed by atoms with van der Waals surface area (Å²) in [7, 11) is 1.59. The zero-order valence-corrected chi connectivity index (χ0v) is 20.1. The number of benzene rings is 2. The van der Waals surface area contributed by atoms with Gasteiger partial charge in [-0.05, 0) is 49.6 Å². The number of fused-ring (bicyclic) bond motifs is 1. The van der Waals surface area contributed by atoms with Gasteiger partial charge < -0.3 is 19.3 Å². The van der Waals surface area contributed by atoms with Gasteiger partial charge in [0.2, 0.25) is 0 Å². The van der Waals surface area contributed by atoms with Crippen LogP contribution in [0, 0.1) is 0 Å². The standard InChI is InChI=1S/C27H29N5O3/c1-18-17-31(26-22-7-5-4-6-20(22)10-12-28-26)14-15-32(18)27(33)19(2)35-24-9-8-21(16-25(24)34-3)23-11-13-29-30-23/h4-13,16,18-19H,14-15,17H2,1-3H3,(H,29,30)/t18-,19?/m1/s1. The molecular weight excluding hydrogens is 442 g/mol. The number of pyridine rings is 1. The average Bonchev–Trinajstić information content (AvgIpc) is 3.43. The first-order chi connectivity index (χ1) is 17.0. The van der Waals surface area contributed by atoms with Gasteiger partial charge in [0.15, 0.2) is 17.6 Å². The Kier molecular flexibility index (Phi) is 6.27. The van der Waals surface area contributed by atoms with Crippen LogP contribution < -0.4 is 14.4 Å². The molecule has 8 heteroatoms. The molecule has 0 aliphatic carbocycles. The van der Waals surface area contributed by atoms with Gasteiger partial charge in [-0.25, -0.2) is 4.98 Å². The number of anilines is 1. The van der Waals surface area contributed by atoms with Gasteiger partial charge >= 0.3 is 0 Å². The molecule has 1 amide bonds. The highest BCUT2D eigenvalue weighted by molar-refractivity contribution is 5.92. The van der Waals surface area contributed by atoms with Crippen molar-refractivity contribution in [2.45, 2.75) is 26.0 Å². The van der Waals surface area contributed by atoms with Crippen LogP contribution in [0.25, 0.3) is 22.0 Å². The average molecular weight is 472 g/mol. The molecule has 2 aromatic heterocycles. The minimum Gasteiger partial charge on any atom is -0.493 e. The van der Waals surface area contributed by atoms with Gasteiger partial charge in [-0.1, -0.05) is 24.3 Å². The lowest BCUT2D eigenvalue weighted by atomic mass is 10.1. The highest BCUT2D eigenvalue weighted by Gasteiger charge is 2.32. The number of hydrogen-bond acceptors (Lipinski definition) is 6. The summed E-state index contributed by atoms with van der Waals surface area (Å²) < 4.78 is 11.6. The number of carbonyl (C=O) groups excluding carboxylic acids is 1. The maximum Gasteiger partial charge on any atom is 0.263 e. The van der Waals surface area contributed by atoms with E-state index in [-0.39, 0.29) is 11.9 Å². The summed E-state index contributed by atoms with van der Waals surface area (Å²) in [6.45, 7) is 5.89. The summed E-state index contributed by atoms with van der Waals surface area (Å²) in [6.07, 6.45) is 2.90. The number of aromatic amines is 1. The number of nitrogens with zero attached hydrogens (tertiary/aromatic N) is 4. The van der Waals surface area contributed by atoms with Crippen molar-refractivity contribution >= 4 is 22.5 Å². The Bertz CT molecular complexity index is 1320. The maximum atomic E-state index is 13.3. The summed E-state index contributed by atoms with van der Waals surface area (Å²) >= 11 is 0. The number of rotatable bonds is 6. The SMILES string of the molecule is COc1cc(-c2ccn[nH]2)ccc1OC(C)C(=O)N1CCN(c2nccc3ccccc23)C[C@H]1C. The third kappa shape index (κ3) is 4.51. The Hall–Kier alpha value is -4.07. The normalized spacial score (nSPS) is 16.8. The largest absolute Gasteiger partial charge is 0.493 e. The van der Waals surface area contributed by atoms with Crippen molar-refractivity contribution < 1.29 is 14.3 Å². The van der Waals surface area contributed by atoms with Crippen LogP contribution in [-0.2, 0) is 4.79 Å². The quantitative estimate of drug-likeness (QED) is 0.455. The van der Waals surface area contributed by atoms with Crippen molar-refractivity contribution in [2.75, 3.05) is 31.6 Å². The lowest BCUT2D eigenvalue weighted by Gasteiger charge is -2.41. The molecule has 1 N–H and O–H groups in total. The summed E-state index contributed by atoms with van der Waals surface area (Å²) in [4.78, 5) is 22.1. The monoisotopic (exact) mass is 471 g/mol. The van der Waals surface area contributed by atoms with Crippen molar-refractivity contribution in [3.05, 3.63) is 67.0 Å². The molecular formula is C27H29N5O3. The van der Waals surface area contributed by atoms with Crippen LogP contribution in [0.15, 0.2) is 67.0 Å². The van der Waals surface area contributed by atoms with Crippen LogP contribution >= 0.6 is 0 Å². The number of methoxy groups -OCH3 is 1. The number of ether oxygens (including phenoxy) is 2. The van der Waals surface area contributed by atoms with Gasteiger partial charge in [0, 0.05) is 49.0 Å². The number of H-pyrrole nitrogens is 1. The van der Waals surface area contributed by atoms with Crippen LogP contribution in [0.2, 0.25) is 0 Å². The zero-order chi connectivity index (χ0) is 24.4. The van der Waals surface area contributed by atoms with Gasteiger partial charge in [0.25, 0.3) is 5.91 Å². The first-order valence-corrected chi connectivity index (χ1v) is 11.8. The fourth-order valence-electron chi connectivity index (χ4n) is 4.66. The predicted molar refractivity (Wildman–Crippen MR) is 136 cm³/mol. The van der Waals surface area contributed by atoms with E-state index in [4.69, 9.17) is 9.47 Å². The number of piperazine rings is 1. The van der Waals surface area contributed by atoms with E-state index >= 15 is 0 Å². The molecule has 8 nitrogen and oxygen atoms in total.